The Morgan fingerprint density at radius 3 is 2.46 bits per heavy atom. The molecule has 3 rings (SSSR count). The smallest absolute Gasteiger partial charge is 0.255 e. The van der Waals surface area contributed by atoms with Crippen molar-refractivity contribution in [2.75, 3.05) is 0 Å². The maximum atomic E-state index is 11.8. The van der Waals surface area contributed by atoms with Crippen molar-refractivity contribution in [2.24, 2.45) is 7.05 Å². The number of aromatic nitrogens is 4. The molecule has 24 heavy (non-hydrogen) atoms. The van der Waals surface area contributed by atoms with E-state index in [4.69, 9.17) is 0 Å². The SMILES string of the molecule is Cc1cc(C)c(C#Cc2nccn2-c2cc(=O)n(C)cn2)cc1C. The molecule has 120 valence electrons. The summed E-state index contributed by atoms with van der Waals surface area (Å²) >= 11 is 0. The van der Waals surface area contributed by atoms with Crippen LogP contribution in [-0.2, 0) is 7.05 Å². The topological polar surface area (TPSA) is 52.7 Å². The lowest BCUT2D eigenvalue weighted by atomic mass is 10.0. The van der Waals surface area contributed by atoms with Crippen LogP contribution in [0, 0.1) is 32.6 Å². The third-order valence-corrected chi connectivity index (χ3v) is 4.00. The van der Waals surface area contributed by atoms with Gasteiger partial charge in [-0.1, -0.05) is 12.0 Å². The van der Waals surface area contributed by atoms with Gasteiger partial charge in [0.15, 0.2) is 5.82 Å². The van der Waals surface area contributed by atoms with E-state index in [0.29, 0.717) is 11.6 Å². The van der Waals surface area contributed by atoms with Gasteiger partial charge in [0.05, 0.1) is 6.33 Å². The minimum atomic E-state index is -0.127. The van der Waals surface area contributed by atoms with Crippen molar-refractivity contribution in [3.8, 4) is 17.7 Å². The summed E-state index contributed by atoms with van der Waals surface area (Å²) in [6.45, 7) is 6.21. The molecule has 5 nitrogen and oxygen atoms in total. The molecule has 0 bridgehead atoms. The van der Waals surface area contributed by atoms with Crippen molar-refractivity contribution < 1.29 is 0 Å². The van der Waals surface area contributed by atoms with E-state index < -0.39 is 0 Å². The first-order valence-electron chi connectivity index (χ1n) is 7.62. The highest BCUT2D eigenvalue weighted by Gasteiger charge is 2.05. The number of hydrogen-bond acceptors (Lipinski definition) is 3. The zero-order chi connectivity index (χ0) is 17.3. The van der Waals surface area contributed by atoms with Crippen molar-refractivity contribution in [3.05, 3.63) is 75.4 Å². The molecule has 0 aliphatic heterocycles. The lowest BCUT2D eigenvalue weighted by Crippen LogP contribution is -2.17. The molecular formula is C19H18N4O. The molecule has 2 heterocycles. The Morgan fingerprint density at radius 2 is 1.71 bits per heavy atom. The monoisotopic (exact) mass is 318 g/mol. The van der Waals surface area contributed by atoms with Gasteiger partial charge in [0.25, 0.3) is 5.56 Å². The zero-order valence-electron chi connectivity index (χ0n) is 14.2. The summed E-state index contributed by atoms with van der Waals surface area (Å²) in [5, 5.41) is 0. The Bertz CT molecular complexity index is 1030. The van der Waals surface area contributed by atoms with Gasteiger partial charge in [-0.2, -0.15) is 0 Å². The highest BCUT2D eigenvalue weighted by atomic mass is 16.1. The van der Waals surface area contributed by atoms with E-state index in [2.05, 4.69) is 47.8 Å². The Balaban J connectivity index is 2.02. The van der Waals surface area contributed by atoms with Crippen molar-refractivity contribution in [3.63, 3.8) is 0 Å². The van der Waals surface area contributed by atoms with E-state index in [1.165, 1.54) is 28.1 Å². The summed E-state index contributed by atoms with van der Waals surface area (Å²) in [5.41, 5.74) is 4.45. The van der Waals surface area contributed by atoms with E-state index >= 15 is 0 Å². The molecule has 0 spiro atoms. The fourth-order valence-corrected chi connectivity index (χ4v) is 2.38. The number of aryl methyl sites for hydroxylation is 4. The second-order valence-corrected chi connectivity index (χ2v) is 5.82. The average Bonchev–Trinajstić information content (AvgIpc) is 3.01. The molecule has 0 saturated carbocycles. The minimum Gasteiger partial charge on any atom is -0.302 e. The molecule has 0 atom stereocenters. The molecule has 0 aliphatic rings. The predicted molar refractivity (Wildman–Crippen MR) is 93.2 cm³/mol. The molecule has 0 radical (unpaired) electrons. The van der Waals surface area contributed by atoms with E-state index in [1.54, 1.807) is 24.0 Å². The highest BCUT2D eigenvalue weighted by Crippen LogP contribution is 2.14. The Morgan fingerprint density at radius 1 is 0.958 bits per heavy atom. The van der Waals surface area contributed by atoms with Gasteiger partial charge in [-0.3, -0.25) is 9.36 Å². The summed E-state index contributed by atoms with van der Waals surface area (Å²) in [7, 11) is 1.66. The number of rotatable bonds is 1. The lowest BCUT2D eigenvalue weighted by molar-refractivity contribution is 0.803. The van der Waals surface area contributed by atoms with E-state index in [1.807, 2.05) is 6.92 Å². The lowest BCUT2D eigenvalue weighted by Gasteiger charge is -2.05. The normalized spacial score (nSPS) is 10.3. The van der Waals surface area contributed by atoms with Crippen LogP contribution in [0.5, 0.6) is 0 Å². The molecule has 1 aromatic carbocycles. The first-order valence-corrected chi connectivity index (χ1v) is 7.62. The van der Waals surface area contributed by atoms with Gasteiger partial charge < -0.3 is 4.57 Å². The number of hydrogen-bond donors (Lipinski definition) is 0. The molecule has 0 N–H and O–H groups in total. The standard InChI is InChI=1S/C19H18N4O/c1-13-9-15(3)16(10-14(13)2)5-6-17-20-7-8-23(17)18-11-19(24)22(4)12-21-18/h7-12H,1-4H3. The number of imidazole rings is 1. The third-order valence-electron chi connectivity index (χ3n) is 4.00. The van der Waals surface area contributed by atoms with Crippen molar-refractivity contribution in [1.29, 1.82) is 0 Å². The first kappa shape index (κ1) is 15.8. The molecule has 0 unspecified atom stereocenters. The molecule has 3 aromatic rings. The second kappa shape index (κ2) is 6.17. The molecule has 2 aromatic heterocycles. The largest absolute Gasteiger partial charge is 0.302 e. The zero-order valence-corrected chi connectivity index (χ0v) is 14.2. The summed E-state index contributed by atoms with van der Waals surface area (Å²) in [5.74, 6) is 7.32. The van der Waals surface area contributed by atoms with Crippen LogP contribution in [0.25, 0.3) is 5.82 Å². The Hall–Kier alpha value is -3.13. The fraction of sp³-hybridized carbons (Fsp3) is 0.211. The van der Waals surface area contributed by atoms with Gasteiger partial charge >= 0.3 is 0 Å². The summed E-state index contributed by atoms with van der Waals surface area (Å²) in [4.78, 5) is 20.3. The van der Waals surface area contributed by atoms with Gasteiger partial charge in [-0.15, -0.1) is 0 Å². The van der Waals surface area contributed by atoms with E-state index in [-0.39, 0.29) is 5.56 Å². The summed E-state index contributed by atoms with van der Waals surface area (Å²) < 4.78 is 3.13. The van der Waals surface area contributed by atoms with Crippen LogP contribution in [0.15, 0.2) is 41.7 Å². The van der Waals surface area contributed by atoms with Gasteiger partial charge in [-0.05, 0) is 49.4 Å². The van der Waals surface area contributed by atoms with Crippen LogP contribution in [-0.4, -0.2) is 19.1 Å². The highest BCUT2D eigenvalue weighted by molar-refractivity contribution is 5.48. The first-order chi connectivity index (χ1) is 11.5. The number of benzene rings is 1. The van der Waals surface area contributed by atoms with Crippen LogP contribution in [0.3, 0.4) is 0 Å². The summed E-state index contributed by atoms with van der Waals surface area (Å²) in [6.07, 6.45) is 4.89. The second-order valence-electron chi connectivity index (χ2n) is 5.82. The maximum Gasteiger partial charge on any atom is 0.255 e. The average molecular weight is 318 g/mol. The molecule has 5 heteroatoms. The van der Waals surface area contributed by atoms with E-state index in [9.17, 15) is 4.79 Å². The van der Waals surface area contributed by atoms with Crippen molar-refractivity contribution >= 4 is 0 Å². The van der Waals surface area contributed by atoms with Crippen LogP contribution in [0.2, 0.25) is 0 Å². The van der Waals surface area contributed by atoms with Crippen LogP contribution in [0.4, 0.5) is 0 Å². The fourth-order valence-electron chi connectivity index (χ4n) is 2.38. The van der Waals surface area contributed by atoms with Gasteiger partial charge in [0.1, 0.15) is 5.82 Å². The Kier molecular flexibility index (Phi) is 4.05. The summed E-state index contributed by atoms with van der Waals surface area (Å²) in [6, 6.07) is 5.68. The number of nitrogens with zero attached hydrogens (tertiary/aromatic N) is 4. The van der Waals surface area contributed by atoms with Gasteiger partial charge in [-0.25, -0.2) is 9.97 Å². The Labute approximate surface area is 140 Å². The van der Waals surface area contributed by atoms with E-state index in [0.717, 1.165) is 11.1 Å². The molecule has 0 saturated heterocycles. The molecule has 0 fully saturated rings. The maximum absolute atomic E-state index is 11.8. The minimum absolute atomic E-state index is 0.127. The van der Waals surface area contributed by atoms with Gasteiger partial charge in [0, 0.05) is 31.1 Å². The quantitative estimate of drug-likeness (QED) is 0.647. The molecule has 0 amide bonds. The molecular weight excluding hydrogens is 300 g/mol. The van der Waals surface area contributed by atoms with Crippen LogP contribution < -0.4 is 5.56 Å². The van der Waals surface area contributed by atoms with Crippen molar-refractivity contribution in [1.82, 2.24) is 19.1 Å². The van der Waals surface area contributed by atoms with Crippen LogP contribution in [0.1, 0.15) is 28.1 Å². The molecule has 0 aliphatic carbocycles. The predicted octanol–water partition coefficient (Wildman–Crippen LogP) is 2.29. The van der Waals surface area contributed by atoms with Crippen LogP contribution >= 0.6 is 0 Å². The van der Waals surface area contributed by atoms with Gasteiger partial charge in [0.2, 0.25) is 0 Å². The van der Waals surface area contributed by atoms with Crippen molar-refractivity contribution in [2.45, 2.75) is 20.8 Å². The third kappa shape index (κ3) is 2.99.